The van der Waals surface area contributed by atoms with Crippen molar-refractivity contribution in [2.24, 2.45) is 0 Å². The minimum atomic E-state index is 0.428. The van der Waals surface area contributed by atoms with Gasteiger partial charge < -0.3 is 15.5 Å². The zero-order chi connectivity index (χ0) is 18.1. The van der Waals surface area contributed by atoms with Crippen molar-refractivity contribution in [1.82, 2.24) is 15.1 Å². The van der Waals surface area contributed by atoms with Crippen LogP contribution in [0.15, 0.2) is 54.6 Å². The molecule has 4 rings (SSSR count). The van der Waals surface area contributed by atoms with Gasteiger partial charge >= 0.3 is 0 Å². The van der Waals surface area contributed by atoms with Crippen molar-refractivity contribution in [3.8, 4) is 11.3 Å². The van der Waals surface area contributed by atoms with Crippen molar-refractivity contribution in [2.45, 2.75) is 6.54 Å². The van der Waals surface area contributed by atoms with E-state index in [-0.39, 0.29) is 0 Å². The van der Waals surface area contributed by atoms with Crippen molar-refractivity contribution in [1.29, 1.82) is 0 Å². The second kappa shape index (κ2) is 6.94. The summed E-state index contributed by atoms with van der Waals surface area (Å²) in [7, 11) is 2.14. The Kier molecular flexibility index (Phi) is 4.49. The largest absolute Gasteiger partial charge is 0.382 e. The summed E-state index contributed by atoms with van der Waals surface area (Å²) < 4.78 is 0. The molecule has 2 aromatic carbocycles. The second-order valence-electron chi connectivity index (χ2n) is 6.55. The number of anilines is 3. The summed E-state index contributed by atoms with van der Waals surface area (Å²) in [4.78, 5) is 4.67. The first-order valence-electron chi connectivity index (χ1n) is 8.54. The molecule has 0 unspecified atom stereocenters. The van der Waals surface area contributed by atoms with Crippen LogP contribution in [0.5, 0.6) is 0 Å². The summed E-state index contributed by atoms with van der Waals surface area (Å²) in [5.74, 6) is 0.428. The van der Waals surface area contributed by atoms with Crippen molar-refractivity contribution in [3.63, 3.8) is 0 Å². The zero-order valence-corrected chi connectivity index (χ0v) is 15.3. The third-order valence-electron chi connectivity index (χ3n) is 4.64. The van der Waals surface area contributed by atoms with E-state index in [1.165, 1.54) is 11.3 Å². The highest BCUT2D eigenvalue weighted by Crippen LogP contribution is 2.34. The summed E-state index contributed by atoms with van der Waals surface area (Å²) in [6, 6.07) is 18.1. The number of nitrogen functional groups attached to an aromatic ring is 1. The van der Waals surface area contributed by atoms with Crippen LogP contribution in [0.1, 0.15) is 5.56 Å². The molecule has 1 aromatic heterocycles. The van der Waals surface area contributed by atoms with Gasteiger partial charge in [0.25, 0.3) is 0 Å². The Bertz CT molecular complexity index is 908. The highest BCUT2D eigenvalue weighted by atomic mass is 35.5. The molecule has 0 amide bonds. The molecule has 5 nitrogen and oxygen atoms in total. The topological polar surface area (TPSA) is 58.3 Å². The molecule has 0 atom stereocenters. The molecule has 132 valence electrons. The monoisotopic (exact) mass is 365 g/mol. The SMILES string of the molecule is CN1CCN(c2ccc(Cl)cc2)c2ccc(-c3ccc(N)nn3)cc2C1. The van der Waals surface area contributed by atoms with Gasteiger partial charge in [0.15, 0.2) is 0 Å². The predicted molar refractivity (Wildman–Crippen MR) is 107 cm³/mol. The standard InChI is InChI=1S/C20H20ClN5/c1-25-10-11-26(17-5-3-16(21)4-6-17)19-8-2-14(12-15(19)13-25)18-7-9-20(22)24-23-18/h2-9,12H,10-11,13H2,1H3,(H2,22,24). The lowest BCUT2D eigenvalue weighted by Crippen LogP contribution is -2.26. The Hall–Kier alpha value is -2.63. The highest BCUT2D eigenvalue weighted by molar-refractivity contribution is 6.30. The lowest BCUT2D eigenvalue weighted by Gasteiger charge is -2.25. The van der Waals surface area contributed by atoms with Crippen LogP contribution in [0.4, 0.5) is 17.2 Å². The summed E-state index contributed by atoms with van der Waals surface area (Å²) in [6.07, 6.45) is 0. The number of hydrogen-bond acceptors (Lipinski definition) is 5. The van der Waals surface area contributed by atoms with E-state index >= 15 is 0 Å². The molecule has 0 saturated carbocycles. The van der Waals surface area contributed by atoms with E-state index in [4.69, 9.17) is 17.3 Å². The van der Waals surface area contributed by atoms with Crippen LogP contribution in [0, 0.1) is 0 Å². The Morgan fingerprint density at radius 2 is 1.77 bits per heavy atom. The van der Waals surface area contributed by atoms with Crippen LogP contribution in [0.2, 0.25) is 5.02 Å². The molecule has 6 heteroatoms. The van der Waals surface area contributed by atoms with Crippen LogP contribution in [0.25, 0.3) is 11.3 Å². The summed E-state index contributed by atoms with van der Waals surface area (Å²) in [5, 5.41) is 8.92. The molecule has 1 aliphatic rings. The number of fused-ring (bicyclic) bond motifs is 1. The molecule has 0 bridgehead atoms. The summed E-state index contributed by atoms with van der Waals surface area (Å²) in [6.45, 7) is 2.79. The fourth-order valence-corrected chi connectivity index (χ4v) is 3.41. The molecule has 26 heavy (non-hydrogen) atoms. The van der Waals surface area contributed by atoms with E-state index < -0.39 is 0 Å². The molecular weight excluding hydrogens is 346 g/mol. The minimum Gasteiger partial charge on any atom is -0.382 e. The normalized spacial score (nSPS) is 14.8. The maximum atomic E-state index is 6.06. The molecule has 2 heterocycles. The molecular formula is C20H20ClN5. The minimum absolute atomic E-state index is 0.428. The second-order valence-corrected chi connectivity index (χ2v) is 6.99. The van der Waals surface area contributed by atoms with Crippen molar-refractivity contribution in [2.75, 3.05) is 30.8 Å². The first kappa shape index (κ1) is 16.8. The summed E-state index contributed by atoms with van der Waals surface area (Å²) >= 11 is 6.06. The van der Waals surface area contributed by atoms with E-state index in [1.54, 1.807) is 6.07 Å². The number of benzene rings is 2. The average Bonchev–Trinajstić information content (AvgIpc) is 2.81. The van der Waals surface area contributed by atoms with Gasteiger partial charge in [-0.2, -0.15) is 0 Å². The Morgan fingerprint density at radius 3 is 2.50 bits per heavy atom. The number of hydrogen-bond donors (Lipinski definition) is 1. The summed E-state index contributed by atoms with van der Waals surface area (Å²) in [5.41, 5.74) is 11.1. The Balaban J connectivity index is 1.76. The number of halogens is 1. The van der Waals surface area contributed by atoms with Crippen LogP contribution in [-0.4, -0.2) is 35.2 Å². The van der Waals surface area contributed by atoms with Gasteiger partial charge in [0, 0.05) is 41.6 Å². The fraction of sp³-hybridized carbons (Fsp3) is 0.200. The average molecular weight is 366 g/mol. The fourth-order valence-electron chi connectivity index (χ4n) is 3.28. The Morgan fingerprint density at radius 1 is 0.962 bits per heavy atom. The lowest BCUT2D eigenvalue weighted by molar-refractivity contribution is 0.343. The van der Waals surface area contributed by atoms with Crippen molar-refractivity contribution >= 4 is 28.8 Å². The van der Waals surface area contributed by atoms with Crippen molar-refractivity contribution in [3.05, 3.63) is 65.2 Å². The first-order valence-corrected chi connectivity index (χ1v) is 8.92. The number of aromatic nitrogens is 2. The van der Waals surface area contributed by atoms with Gasteiger partial charge in [-0.3, -0.25) is 0 Å². The molecule has 0 aliphatic carbocycles. The maximum absolute atomic E-state index is 6.06. The molecule has 0 spiro atoms. The van der Waals surface area contributed by atoms with Crippen LogP contribution < -0.4 is 10.6 Å². The van der Waals surface area contributed by atoms with E-state index in [9.17, 15) is 0 Å². The van der Waals surface area contributed by atoms with Gasteiger partial charge in [-0.15, -0.1) is 10.2 Å². The molecule has 3 aromatic rings. The van der Waals surface area contributed by atoms with Crippen LogP contribution >= 0.6 is 11.6 Å². The predicted octanol–water partition coefficient (Wildman–Crippen LogP) is 3.96. The number of nitrogens with two attached hydrogens (primary N) is 1. The first-order chi connectivity index (χ1) is 12.6. The maximum Gasteiger partial charge on any atom is 0.146 e. The zero-order valence-electron chi connectivity index (χ0n) is 14.6. The lowest BCUT2D eigenvalue weighted by atomic mass is 10.0. The van der Waals surface area contributed by atoms with Crippen LogP contribution in [-0.2, 0) is 6.54 Å². The number of rotatable bonds is 2. The smallest absolute Gasteiger partial charge is 0.146 e. The molecule has 2 N–H and O–H groups in total. The van der Waals surface area contributed by atoms with Gasteiger partial charge in [0.1, 0.15) is 5.82 Å². The van der Waals surface area contributed by atoms with Gasteiger partial charge in [-0.25, -0.2) is 0 Å². The van der Waals surface area contributed by atoms with E-state index in [2.05, 4.69) is 57.4 Å². The van der Waals surface area contributed by atoms with E-state index in [1.807, 2.05) is 18.2 Å². The van der Waals surface area contributed by atoms with E-state index in [0.29, 0.717) is 5.82 Å². The van der Waals surface area contributed by atoms with Gasteiger partial charge in [0.05, 0.1) is 5.69 Å². The molecule has 0 fully saturated rings. The number of likely N-dealkylation sites (N-methyl/N-ethyl adjacent to an activating group) is 1. The number of nitrogens with zero attached hydrogens (tertiary/aromatic N) is 4. The third kappa shape index (κ3) is 3.36. The van der Waals surface area contributed by atoms with Crippen LogP contribution in [0.3, 0.4) is 0 Å². The van der Waals surface area contributed by atoms with Gasteiger partial charge in [-0.05, 0) is 61.1 Å². The van der Waals surface area contributed by atoms with Crippen molar-refractivity contribution < 1.29 is 0 Å². The third-order valence-corrected chi connectivity index (χ3v) is 4.89. The quantitative estimate of drug-likeness (QED) is 0.744. The molecule has 0 radical (unpaired) electrons. The van der Waals surface area contributed by atoms with Gasteiger partial charge in [-0.1, -0.05) is 17.7 Å². The Labute approximate surface area is 158 Å². The van der Waals surface area contributed by atoms with E-state index in [0.717, 1.165) is 41.6 Å². The van der Waals surface area contributed by atoms with Gasteiger partial charge in [0.2, 0.25) is 0 Å². The highest BCUT2D eigenvalue weighted by Gasteiger charge is 2.20. The molecule has 0 saturated heterocycles. The molecule has 1 aliphatic heterocycles.